The van der Waals surface area contributed by atoms with Gasteiger partial charge in [-0.3, -0.25) is 9.59 Å². The third-order valence-corrected chi connectivity index (χ3v) is 3.61. The van der Waals surface area contributed by atoms with Gasteiger partial charge in [-0.15, -0.1) is 0 Å². The number of Topliss-reactive ketones (excluding diaryl/α,β-unsaturated/α-hetero) is 1. The molecule has 8 nitrogen and oxygen atoms in total. The molecule has 1 amide bonds. The predicted molar refractivity (Wildman–Crippen MR) is 93.7 cm³/mol. The zero-order valence-corrected chi connectivity index (χ0v) is 14.3. The quantitative estimate of drug-likeness (QED) is 0.633. The molecule has 3 N–H and O–H groups in total. The zero-order chi connectivity index (χ0) is 20.0. The van der Waals surface area contributed by atoms with Crippen molar-refractivity contribution in [1.29, 1.82) is 5.26 Å². The van der Waals surface area contributed by atoms with Crippen LogP contribution in [0.15, 0.2) is 42.5 Å². The van der Waals surface area contributed by atoms with Crippen LogP contribution in [0.4, 0.5) is 0 Å². The molecule has 0 fully saturated rings. The van der Waals surface area contributed by atoms with Gasteiger partial charge in [0.15, 0.2) is 12.4 Å². The van der Waals surface area contributed by atoms with Crippen LogP contribution in [0, 0.1) is 11.3 Å². The summed E-state index contributed by atoms with van der Waals surface area (Å²) in [6, 6.07) is 10.6. The lowest BCUT2D eigenvalue weighted by atomic mass is 10.0. The van der Waals surface area contributed by atoms with Crippen molar-refractivity contribution in [1.82, 2.24) is 5.32 Å². The molecular weight excluding hydrogens is 352 g/mol. The Balaban J connectivity index is 2.03. The van der Waals surface area contributed by atoms with E-state index in [0.29, 0.717) is 11.3 Å². The normalized spacial score (nSPS) is 11.1. The van der Waals surface area contributed by atoms with Crippen molar-refractivity contribution in [3.8, 4) is 17.6 Å². The maximum Gasteiger partial charge on any atom is 0.341 e. The molecule has 0 saturated heterocycles. The number of carbonyl (C=O) groups is 3. The van der Waals surface area contributed by atoms with Gasteiger partial charge in [0.2, 0.25) is 0 Å². The van der Waals surface area contributed by atoms with Gasteiger partial charge in [0, 0.05) is 5.56 Å². The highest BCUT2D eigenvalue weighted by Crippen LogP contribution is 2.19. The number of carboxylic acids is 1. The van der Waals surface area contributed by atoms with Crippen molar-refractivity contribution < 1.29 is 29.3 Å². The Morgan fingerprint density at radius 1 is 1.19 bits per heavy atom. The van der Waals surface area contributed by atoms with E-state index in [0.717, 1.165) is 6.07 Å². The fraction of sp³-hybridized carbons (Fsp3) is 0.158. The number of aromatic hydroxyl groups is 1. The molecule has 2 aromatic carbocycles. The van der Waals surface area contributed by atoms with Crippen LogP contribution >= 0.6 is 0 Å². The minimum absolute atomic E-state index is 0.0499. The summed E-state index contributed by atoms with van der Waals surface area (Å²) in [4.78, 5) is 35.1. The van der Waals surface area contributed by atoms with Crippen LogP contribution in [-0.4, -0.2) is 40.5 Å². The van der Waals surface area contributed by atoms with Crippen LogP contribution in [0.3, 0.4) is 0 Å². The van der Waals surface area contributed by atoms with Crippen molar-refractivity contribution >= 4 is 17.7 Å². The molecule has 0 aliphatic rings. The summed E-state index contributed by atoms with van der Waals surface area (Å²) in [6.07, 6.45) is 0. The summed E-state index contributed by atoms with van der Waals surface area (Å²) in [5, 5.41) is 29.7. The molecule has 138 valence electrons. The van der Waals surface area contributed by atoms with Crippen molar-refractivity contribution in [2.24, 2.45) is 0 Å². The monoisotopic (exact) mass is 368 g/mol. The summed E-state index contributed by atoms with van der Waals surface area (Å²) in [7, 11) is 0. The van der Waals surface area contributed by atoms with E-state index in [1.807, 2.05) is 6.07 Å². The topological polar surface area (TPSA) is 137 Å². The van der Waals surface area contributed by atoms with E-state index in [1.165, 1.54) is 43.3 Å². The standard InChI is InChI=1S/C19H16N2O6/c1-11(21-19(26)15-7-2-12(9-20)8-16(15)22)18(25)13-3-5-14(6-4-13)27-10-17(23)24/h2-8,11,22H,10H2,1H3,(H,21,26)(H,23,24)/t11-/m0/s1. The number of hydrogen-bond acceptors (Lipinski definition) is 6. The van der Waals surface area contributed by atoms with Crippen molar-refractivity contribution in [2.75, 3.05) is 6.61 Å². The Kier molecular flexibility index (Phi) is 6.12. The van der Waals surface area contributed by atoms with Gasteiger partial charge in [0.05, 0.1) is 23.2 Å². The molecule has 0 spiro atoms. The van der Waals surface area contributed by atoms with E-state index in [2.05, 4.69) is 5.32 Å². The molecule has 0 heterocycles. The second kappa shape index (κ2) is 8.49. The molecule has 0 radical (unpaired) electrons. The molecule has 0 unspecified atom stereocenters. The van der Waals surface area contributed by atoms with Gasteiger partial charge < -0.3 is 20.3 Å². The number of aliphatic carboxylic acids is 1. The second-order valence-corrected chi connectivity index (χ2v) is 5.61. The number of rotatable bonds is 7. The number of amides is 1. The minimum atomic E-state index is -1.11. The van der Waals surface area contributed by atoms with Gasteiger partial charge >= 0.3 is 5.97 Å². The average molecular weight is 368 g/mol. The smallest absolute Gasteiger partial charge is 0.341 e. The molecule has 0 saturated carbocycles. The van der Waals surface area contributed by atoms with Crippen LogP contribution < -0.4 is 10.1 Å². The highest BCUT2D eigenvalue weighted by molar-refractivity contribution is 6.04. The maximum atomic E-state index is 12.4. The van der Waals surface area contributed by atoms with Gasteiger partial charge in [-0.25, -0.2) is 4.79 Å². The van der Waals surface area contributed by atoms with E-state index in [4.69, 9.17) is 15.1 Å². The summed E-state index contributed by atoms with van der Waals surface area (Å²) in [5.74, 6) is -2.20. The fourth-order valence-electron chi connectivity index (χ4n) is 2.24. The Bertz CT molecular complexity index is 915. The first-order valence-corrected chi connectivity index (χ1v) is 7.84. The van der Waals surface area contributed by atoms with Gasteiger partial charge in [0.25, 0.3) is 5.91 Å². The first-order chi connectivity index (χ1) is 12.8. The van der Waals surface area contributed by atoms with Gasteiger partial charge in [0.1, 0.15) is 11.5 Å². The number of ketones is 1. The van der Waals surface area contributed by atoms with Crippen molar-refractivity contribution in [3.63, 3.8) is 0 Å². The number of benzene rings is 2. The van der Waals surface area contributed by atoms with Crippen molar-refractivity contribution in [2.45, 2.75) is 13.0 Å². The summed E-state index contributed by atoms with van der Waals surface area (Å²) in [5.41, 5.74) is 0.457. The minimum Gasteiger partial charge on any atom is -0.507 e. The lowest BCUT2D eigenvalue weighted by Crippen LogP contribution is -2.38. The van der Waals surface area contributed by atoms with Crippen LogP contribution in [0.2, 0.25) is 0 Å². The Morgan fingerprint density at radius 3 is 2.41 bits per heavy atom. The maximum absolute atomic E-state index is 12.4. The molecule has 0 bridgehead atoms. The summed E-state index contributed by atoms with van der Waals surface area (Å²) >= 11 is 0. The molecule has 2 aromatic rings. The third-order valence-electron chi connectivity index (χ3n) is 3.61. The van der Waals surface area contributed by atoms with E-state index < -0.39 is 24.5 Å². The predicted octanol–water partition coefficient (Wildman–Crippen LogP) is 1.73. The third kappa shape index (κ3) is 5.06. The SMILES string of the molecule is C[C@H](NC(=O)c1ccc(C#N)cc1O)C(=O)c1ccc(OCC(=O)O)cc1. The lowest BCUT2D eigenvalue weighted by molar-refractivity contribution is -0.139. The number of ether oxygens (including phenoxy) is 1. The first-order valence-electron chi connectivity index (χ1n) is 7.84. The van der Waals surface area contributed by atoms with E-state index in [1.54, 1.807) is 0 Å². The van der Waals surface area contributed by atoms with Crippen LogP contribution in [-0.2, 0) is 4.79 Å². The van der Waals surface area contributed by atoms with Crippen LogP contribution in [0.1, 0.15) is 33.2 Å². The Morgan fingerprint density at radius 2 is 1.85 bits per heavy atom. The van der Waals surface area contributed by atoms with E-state index in [9.17, 15) is 19.5 Å². The number of nitrogens with one attached hydrogen (secondary N) is 1. The fourth-order valence-corrected chi connectivity index (χ4v) is 2.24. The molecule has 8 heteroatoms. The Labute approximate surface area is 154 Å². The average Bonchev–Trinajstić information content (AvgIpc) is 2.65. The highest BCUT2D eigenvalue weighted by Gasteiger charge is 2.20. The second-order valence-electron chi connectivity index (χ2n) is 5.61. The van der Waals surface area contributed by atoms with E-state index in [-0.39, 0.29) is 22.7 Å². The lowest BCUT2D eigenvalue weighted by Gasteiger charge is -2.14. The van der Waals surface area contributed by atoms with Crippen LogP contribution in [0.5, 0.6) is 11.5 Å². The number of carboxylic acid groups (broad SMARTS) is 1. The molecular formula is C19H16N2O6. The van der Waals surface area contributed by atoms with Gasteiger partial charge in [-0.2, -0.15) is 5.26 Å². The number of carbonyl (C=O) groups excluding carboxylic acids is 2. The molecule has 2 rings (SSSR count). The summed E-state index contributed by atoms with van der Waals surface area (Å²) in [6.45, 7) is 1.00. The molecule has 27 heavy (non-hydrogen) atoms. The molecule has 0 aromatic heterocycles. The van der Waals surface area contributed by atoms with Crippen LogP contribution in [0.25, 0.3) is 0 Å². The number of phenols is 1. The van der Waals surface area contributed by atoms with Crippen molar-refractivity contribution in [3.05, 3.63) is 59.2 Å². The van der Waals surface area contributed by atoms with Gasteiger partial charge in [-0.1, -0.05) is 0 Å². The highest BCUT2D eigenvalue weighted by atomic mass is 16.5. The first kappa shape index (κ1) is 19.5. The van der Waals surface area contributed by atoms with E-state index >= 15 is 0 Å². The number of nitrogens with zero attached hydrogens (tertiary/aromatic N) is 1. The molecule has 0 aliphatic carbocycles. The van der Waals surface area contributed by atoms with Gasteiger partial charge in [-0.05, 0) is 49.4 Å². The largest absolute Gasteiger partial charge is 0.507 e. The molecule has 1 atom stereocenters. The number of hydrogen-bond donors (Lipinski definition) is 3. The number of phenolic OH excluding ortho intramolecular Hbond substituents is 1. The number of nitriles is 1. The Hall–Kier alpha value is -3.86. The summed E-state index contributed by atoms with van der Waals surface area (Å²) < 4.78 is 4.99. The molecule has 0 aliphatic heterocycles. The zero-order valence-electron chi connectivity index (χ0n) is 14.3.